The van der Waals surface area contributed by atoms with E-state index in [1.807, 2.05) is 6.07 Å². The van der Waals surface area contributed by atoms with E-state index in [1.165, 1.54) is 81.4 Å². The number of phenols is 1. The zero-order chi connectivity index (χ0) is 21.9. The second kappa shape index (κ2) is 6.27. The van der Waals surface area contributed by atoms with Crippen LogP contribution < -0.4 is 10.6 Å². The third-order valence-electron chi connectivity index (χ3n) is 11.0. The molecule has 3 saturated carbocycles. The van der Waals surface area contributed by atoms with Crippen LogP contribution in [0.1, 0.15) is 49.7 Å². The summed E-state index contributed by atoms with van der Waals surface area (Å²) in [7, 11) is 0. The molecule has 4 aliphatic carbocycles. The number of anilines is 2. The second-order valence-corrected chi connectivity index (χ2v) is 12.2. The molecule has 2 aliphatic heterocycles. The van der Waals surface area contributed by atoms with Crippen molar-refractivity contribution in [1.82, 2.24) is 4.90 Å². The van der Waals surface area contributed by atoms with Gasteiger partial charge in [0.05, 0.1) is 0 Å². The van der Waals surface area contributed by atoms with Gasteiger partial charge in [-0.3, -0.25) is 4.90 Å². The first-order chi connectivity index (χ1) is 16.1. The lowest BCUT2D eigenvalue weighted by Gasteiger charge is -2.66. The Kier molecular flexibility index (Phi) is 3.64. The minimum atomic E-state index is 0.236. The molecule has 2 aromatic carbocycles. The summed E-state index contributed by atoms with van der Waals surface area (Å²) in [6.45, 7) is 3.76. The number of phenolic OH excluding ortho intramolecular Hbond substituents is 1. The Bertz CT molecular complexity index is 1130. The van der Waals surface area contributed by atoms with Gasteiger partial charge in [-0.25, -0.2) is 0 Å². The number of fused-ring (bicyclic) bond motifs is 1. The first kappa shape index (κ1) is 19.1. The fourth-order valence-corrected chi connectivity index (χ4v) is 9.91. The van der Waals surface area contributed by atoms with Gasteiger partial charge in [0.1, 0.15) is 5.75 Å². The number of nitrogens with two attached hydrogens (primary N) is 1. The molecule has 0 amide bonds. The maximum absolute atomic E-state index is 10.6. The fourth-order valence-electron chi connectivity index (χ4n) is 9.91. The summed E-state index contributed by atoms with van der Waals surface area (Å²) < 4.78 is 0. The van der Waals surface area contributed by atoms with Crippen LogP contribution in [0.5, 0.6) is 5.75 Å². The Morgan fingerprint density at radius 3 is 2.70 bits per heavy atom. The molecule has 0 radical (unpaired) electrons. The Hall–Kier alpha value is -2.20. The van der Waals surface area contributed by atoms with Gasteiger partial charge in [0, 0.05) is 42.0 Å². The van der Waals surface area contributed by atoms with Crippen LogP contribution in [0.3, 0.4) is 0 Å². The Balaban J connectivity index is 1.28. The predicted molar refractivity (Wildman–Crippen MR) is 131 cm³/mol. The highest BCUT2D eigenvalue weighted by Gasteiger charge is 2.76. The van der Waals surface area contributed by atoms with Gasteiger partial charge in [0.2, 0.25) is 0 Å². The van der Waals surface area contributed by atoms with Crippen molar-refractivity contribution in [2.24, 2.45) is 23.2 Å². The van der Waals surface area contributed by atoms with E-state index in [-0.39, 0.29) is 5.41 Å². The van der Waals surface area contributed by atoms with E-state index in [0.29, 0.717) is 29.2 Å². The Morgan fingerprint density at radius 2 is 1.88 bits per heavy atom. The minimum absolute atomic E-state index is 0.236. The zero-order valence-corrected chi connectivity index (χ0v) is 19.4. The van der Waals surface area contributed by atoms with Gasteiger partial charge in [-0.15, -0.1) is 0 Å². The van der Waals surface area contributed by atoms with Crippen LogP contribution in [-0.4, -0.2) is 41.7 Å². The van der Waals surface area contributed by atoms with Crippen LogP contribution in [0.25, 0.3) is 0 Å². The Morgan fingerprint density at radius 1 is 1.03 bits per heavy atom. The van der Waals surface area contributed by atoms with E-state index in [1.54, 1.807) is 0 Å². The van der Waals surface area contributed by atoms with Crippen LogP contribution in [0.4, 0.5) is 11.4 Å². The largest absolute Gasteiger partial charge is 0.508 e. The third-order valence-corrected chi connectivity index (χ3v) is 11.0. The number of aromatic hydroxyl groups is 1. The summed E-state index contributed by atoms with van der Waals surface area (Å²) in [6.07, 6.45) is 9.38. The molecule has 6 atom stereocenters. The van der Waals surface area contributed by atoms with Crippen molar-refractivity contribution in [1.29, 1.82) is 0 Å². The summed E-state index contributed by atoms with van der Waals surface area (Å²) in [5.41, 5.74) is 11.9. The van der Waals surface area contributed by atoms with Crippen molar-refractivity contribution in [2.75, 3.05) is 30.3 Å². The molecule has 3 N–H and O–H groups in total. The molecule has 4 nitrogen and oxygen atoms in total. The summed E-state index contributed by atoms with van der Waals surface area (Å²) in [5, 5.41) is 10.6. The Labute approximate surface area is 196 Å². The van der Waals surface area contributed by atoms with Gasteiger partial charge in [-0.2, -0.15) is 0 Å². The van der Waals surface area contributed by atoms with Crippen LogP contribution >= 0.6 is 0 Å². The van der Waals surface area contributed by atoms with Crippen molar-refractivity contribution in [3.05, 3.63) is 53.6 Å². The number of nitrogens with zero attached hydrogens (tertiary/aromatic N) is 2. The molecule has 2 heterocycles. The van der Waals surface area contributed by atoms with Gasteiger partial charge in [0.15, 0.2) is 0 Å². The van der Waals surface area contributed by atoms with E-state index >= 15 is 0 Å². The molecule has 33 heavy (non-hydrogen) atoms. The fraction of sp³-hybridized carbons (Fsp3) is 0.586. The van der Waals surface area contributed by atoms with Crippen molar-refractivity contribution in [3.63, 3.8) is 0 Å². The molecule has 2 aromatic rings. The lowest BCUT2D eigenvalue weighted by Crippen LogP contribution is -2.69. The van der Waals surface area contributed by atoms with Gasteiger partial charge >= 0.3 is 0 Å². The van der Waals surface area contributed by atoms with Crippen molar-refractivity contribution >= 4 is 11.4 Å². The van der Waals surface area contributed by atoms with Crippen LogP contribution in [0, 0.1) is 23.2 Å². The number of likely N-dealkylation sites (tertiary alicyclic amines) is 1. The van der Waals surface area contributed by atoms with Crippen LogP contribution in [0.15, 0.2) is 42.5 Å². The number of benzene rings is 2. The van der Waals surface area contributed by atoms with Crippen molar-refractivity contribution in [2.45, 2.75) is 62.4 Å². The summed E-state index contributed by atoms with van der Waals surface area (Å²) in [6, 6.07) is 16.3. The van der Waals surface area contributed by atoms with E-state index < -0.39 is 0 Å². The summed E-state index contributed by atoms with van der Waals surface area (Å²) >= 11 is 0. The molecule has 0 aromatic heterocycles. The van der Waals surface area contributed by atoms with Crippen LogP contribution in [-0.2, 0) is 11.8 Å². The maximum Gasteiger partial charge on any atom is 0.115 e. The van der Waals surface area contributed by atoms with E-state index in [4.69, 9.17) is 5.73 Å². The maximum atomic E-state index is 10.6. The molecule has 172 valence electrons. The number of rotatable bonds is 3. The lowest BCUT2D eigenvalue weighted by molar-refractivity contribution is -0.0920. The topological polar surface area (TPSA) is 52.7 Å². The van der Waals surface area contributed by atoms with Gasteiger partial charge in [-0.05, 0) is 122 Å². The van der Waals surface area contributed by atoms with Crippen LogP contribution in [0.2, 0.25) is 0 Å². The average Bonchev–Trinajstić information content (AvgIpc) is 3.50. The molecule has 5 fully saturated rings. The molecule has 6 aliphatic rings. The normalized spacial score (nSPS) is 40.5. The highest BCUT2D eigenvalue weighted by molar-refractivity contribution is 5.58. The molecule has 5 unspecified atom stereocenters. The number of nitrogen functional groups attached to an aromatic ring is 1. The second-order valence-electron chi connectivity index (χ2n) is 12.2. The smallest absolute Gasteiger partial charge is 0.115 e. The minimum Gasteiger partial charge on any atom is -0.508 e. The zero-order valence-electron chi connectivity index (χ0n) is 19.4. The molecular formula is C29H35N3O. The van der Waals surface area contributed by atoms with Gasteiger partial charge < -0.3 is 15.7 Å². The highest BCUT2D eigenvalue weighted by atomic mass is 16.3. The third kappa shape index (κ3) is 2.31. The van der Waals surface area contributed by atoms with E-state index in [0.717, 1.165) is 17.5 Å². The molecule has 0 spiro atoms. The number of hydrogen-bond acceptors (Lipinski definition) is 4. The average molecular weight is 442 g/mol. The highest BCUT2D eigenvalue weighted by Crippen LogP contribution is 2.75. The lowest BCUT2D eigenvalue weighted by atomic mass is 9.43. The first-order valence-electron chi connectivity index (χ1n) is 13.3. The summed E-state index contributed by atoms with van der Waals surface area (Å²) in [4.78, 5) is 5.67. The molecule has 4 heteroatoms. The van der Waals surface area contributed by atoms with Crippen molar-refractivity contribution < 1.29 is 5.11 Å². The molecular weight excluding hydrogens is 406 g/mol. The predicted octanol–water partition coefficient (Wildman–Crippen LogP) is 4.56. The van der Waals surface area contributed by atoms with Gasteiger partial charge in [0.25, 0.3) is 0 Å². The van der Waals surface area contributed by atoms with Crippen molar-refractivity contribution in [3.8, 4) is 5.75 Å². The molecule has 2 saturated heterocycles. The van der Waals surface area contributed by atoms with E-state index in [9.17, 15) is 5.11 Å². The van der Waals surface area contributed by atoms with Gasteiger partial charge in [-0.1, -0.05) is 6.07 Å². The molecule has 8 rings (SSSR count). The standard InChI is InChI=1S/C29H35N3O/c30-21-4-6-22(7-5-21)32-17-20-15-28-10-9-25(32)27(20)29(28)11-12-31(16-18-1-2-18)26(28)13-19-3-8-23(33)14-24(19)29/h3-8,14,18,20,25-27,33H,1-2,9-13,15-17,30H2/t20-,25?,26?,27?,28?,29?/m1/s1. The SMILES string of the molecule is Nc1ccc(N2C[C@H]3CC45CCC2C3C42CCN(CC3CC3)C5Cc3ccc(O)cc32)cc1. The first-order valence-corrected chi connectivity index (χ1v) is 13.3. The number of hydrogen-bond donors (Lipinski definition) is 2. The summed E-state index contributed by atoms with van der Waals surface area (Å²) in [5.74, 6) is 2.88. The number of piperidine rings is 1. The molecule has 4 bridgehead atoms. The quantitative estimate of drug-likeness (QED) is 0.686. The van der Waals surface area contributed by atoms with E-state index in [2.05, 4.69) is 46.2 Å². The monoisotopic (exact) mass is 441 g/mol.